The predicted molar refractivity (Wildman–Crippen MR) is 184 cm³/mol. The average Bonchev–Trinajstić information content (AvgIpc) is 3.11. The van der Waals surface area contributed by atoms with Crippen LogP contribution in [0.25, 0.3) is 0 Å². The second kappa shape index (κ2) is 18.1. The van der Waals surface area contributed by atoms with Gasteiger partial charge in [0.15, 0.2) is 35.1 Å². The van der Waals surface area contributed by atoms with E-state index in [9.17, 15) is 49.5 Å². The normalized spacial score (nSPS) is 34.3. The maximum absolute atomic E-state index is 13.3. The summed E-state index contributed by atoms with van der Waals surface area (Å²) < 4.78 is 40.0. The number of ether oxygens (including phenoxy) is 7. The smallest absolute Gasteiger partial charge is 0.357 e. The number of ketones is 1. The number of aliphatic carboxylic acids is 1. The molecule has 54 heavy (non-hydrogen) atoms. The second-order valence-electron chi connectivity index (χ2n) is 13.1. The molecule has 0 bridgehead atoms. The number of Topliss-reactive ketones (excluding diaryl/α,β-unsaturated/α-hetero) is 1. The number of aliphatic imine (C=N–C) groups is 1. The molecule has 0 aromatic carbocycles. The molecule has 19 nitrogen and oxygen atoms in total. The molecule has 300 valence electrons. The van der Waals surface area contributed by atoms with Crippen LogP contribution in [0.5, 0.6) is 0 Å². The van der Waals surface area contributed by atoms with Crippen molar-refractivity contribution in [1.82, 2.24) is 0 Å². The van der Waals surface area contributed by atoms with Gasteiger partial charge in [-0.15, -0.1) is 0 Å². The minimum atomic E-state index is -3.03. The third-order valence-electron chi connectivity index (χ3n) is 9.77. The first-order valence-electron chi connectivity index (χ1n) is 16.9. The molecule has 3 aliphatic rings. The molecule has 0 radical (unpaired) electrons. The molecule has 2 saturated heterocycles. The zero-order chi connectivity index (χ0) is 40.9. The van der Waals surface area contributed by atoms with Gasteiger partial charge in [0.2, 0.25) is 0 Å². The molecule has 12 atom stereocenters. The molecule has 0 amide bonds. The number of rotatable bonds is 14. The molecule has 12 unspecified atom stereocenters. The minimum Gasteiger partial charge on any atom is -0.508 e. The summed E-state index contributed by atoms with van der Waals surface area (Å²) in [6.07, 6.45) is -14.5. The van der Waals surface area contributed by atoms with Crippen molar-refractivity contribution in [2.24, 2.45) is 10.9 Å². The number of nitrogens with one attached hydrogen (secondary N) is 1. The molecule has 2 heterocycles. The van der Waals surface area contributed by atoms with Crippen LogP contribution in [0.15, 0.2) is 28.1 Å². The van der Waals surface area contributed by atoms with Gasteiger partial charge >= 0.3 is 23.9 Å². The van der Waals surface area contributed by atoms with Gasteiger partial charge in [-0.2, -0.15) is 4.99 Å². The molecule has 1 aliphatic carbocycles. The van der Waals surface area contributed by atoms with Gasteiger partial charge in [0, 0.05) is 20.5 Å². The van der Waals surface area contributed by atoms with Gasteiger partial charge in [-0.1, -0.05) is 19.9 Å². The average molecular weight is 787 g/mol. The molecular weight excluding hydrogens is 740 g/mol. The van der Waals surface area contributed by atoms with Crippen LogP contribution in [-0.4, -0.2) is 146 Å². The number of aliphatic hydroxyl groups excluding tert-OH is 2. The fourth-order valence-electron chi connectivity index (χ4n) is 6.46. The first kappa shape index (κ1) is 44.4. The first-order valence-corrected chi connectivity index (χ1v) is 17.3. The summed E-state index contributed by atoms with van der Waals surface area (Å²) in [5.74, 6) is -7.65. The van der Waals surface area contributed by atoms with Crippen LogP contribution in [0.3, 0.4) is 0 Å². The molecule has 2 fully saturated rings. The fourth-order valence-corrected chi connectivity index (χ4v) is 6.56. The van der Waals surface area contributed by atoms with Crippen molar-refractivity contribution in [3.8, 4) is 0 Å². The van der Waals surface area contributed by atoms with E-state index in [2.05, 4.69) is 17.2 Å². The van der Waals surface area contributed by atoms with Crippen molar-refractivity contribution < 1.29 is 82.7 Å². The number of carbonyl (C=O) groups excluding carboxylic acids is 4. The Kier molecular flexibility index (Phi) is 14.9. The van der Waals surface area contributed by atoms with Crippen LogP contribution in [0.2, 0.25) is 0 Å². The lowest BCUT2D eigenvalue weighted by Gasteiger charge is -2.52. The van der Waals surface area contributed by atoms with Crippen molar-refractivity contribution >= 4 is 52.8 Å². The van der Waals surface area contributed by atoms with E-state index in [0.717, 1.165) is 6.92 Å². The molecule has 3 rings (SSSR count). The van der Waals surface area contributed by atoms with Crippen molar-refractivity contribution in [3.05, 3.63) is 23.1 Å². The summed E-state index contributed by atoms with van der Waals surface area (Å²) in [4.78, 5) is 66.3. The van der Waals surface area contributed by atoms with E-state index in [1.54, 1.807) is 13.8 Å². The molecule has 0 aromatic heterocycles. The number of aliphatic hydroxyl groups is 4. The number of thiocarbonyl (C=S) groups is 1. The van der Waals surface area contributed by atoms with Crippen molar-refractivity contribution in [3.63, 3.8) is 0 Å². The van der Waals surface area contributed by atoms with Gasteiger partial charge in [-0.05, 0) is 39.4 Å². The zero-order valence-corrected chi connectivity index (χ0v) is 31.5. The minimum absolute atomic E-state index is 0.323. The van der Waals surface area contributed by atoms with Gasteiger partial charge in [0.25, 0.3) is 0 Å². The lowest BCUT2D eigenvalue weighted by atomic mass is 9.74. The summed E-state index contributed by atoms with van der Waals surface area (Å²) in [6.45, 7) is 8.03. The van der Waals surface area contributed by atoms with Crippen LogP contribution < -0.4 is 0 Å². The Morgan fingerprint density at radius 1 is 1.19 bits per heavy atom. The van der Waals surface area contributed by atoms with E-state index < -0.39 is 132 Å². The largest absolute Gasteiger partial charge is 0.508 e. The Bertz CT molecular complexity index is 1610. The Morgan fingerprint density at radius 3 is 2.37 bits per heavy atom. The van der Waals surface area contributed by atoms with Crippen molar-refractivity contribution in [2.45, 2.75) is 127 Å². The monoisotopic (exact) mass is 786 g/mol. The first-order chi connectivity index (χ1) is 25.2. The van der Waals surface area contributed by atoms with E-state index in [1.807, 2.05) is 5.16 Å². The van der Waals surface area contributed by atoms with Crippen LogP contribution in [-0.2, 0) is 57.1 Å². The second-order valence-corrected chi connectivity index (χ2v) is 13.3. The van der Waals surface area contributed by atoms with Gasteiger partial charge in [0.05, 0.1) is 29.7 Å². The van der Waals surface area contributed by atoms with Gasteiger partial charge < -0.3 is 58.7 Å². The number of hydrogen-bond acceptors (Lipinski definition) is 19. The van der Waals surface area contributed by atoms with Gasteiger partial charge in [-0.3, -0.25) is 19.8 Å². The topological polar surface area (TPSA) is 287 Å². The highest BCUT2D eigenvalue weighted by Crippen LogP contribution is 2.42. The number of hydrogen-bond donors (Lipinski definition) is 6. The Morgan fingerprint density at radius 2 is 1.83 bits per heavy atom. The SMILES string of the molecule is C/C=C(/N=C=S)C(=O)OC1C(COC(C)=O)OC(C2(O)CC(=O)C(=N)C(C(=O)O)=C2O)C(O)C1OC1CC(OC)C(O)(C(C)OC(=O)C(C)CC)C(C)O1. The molecule has 2 aliphatic heterocycles. The van der Waals surface area contributed by atoms with Crippen LogP contribution in [0.1, 0.15) is 60.8 Å². The van der Waals surface area contributed by atoms with Crippen LogP contribution in [0.4, 0.5) is 0 Å². The fraction of sp³-hybridized carbons (Fsp3) is 0.676. The van der Waals surface area contributed by atoms with E-state index in [1.165, 1.54) is 34.0 Å². The number of carbonyl (C=O) groups is 5. The lowest BCUT2D eigenvalue weighted by Crippen LogP contribution is -2.70. The molecule has 0 spiro atoms. The molecule has 20 heteroatoms. The Hall–Kier alpha value is -3.98. The Balaban J connectivity index is 2.14. The standard InChI is InChI=1S/C34H46N2O17S/c1-8-14(3)31(43)50-16(5)34(46)15(4)49-22(10-21(34)47-7)52-27-25(39)29(33(45)11-19(38)24(35)23(28(33)40)30(41)42)51-20(12-48-17(6)37)26(27)53-32(44)18(9-2)36-13-54/h9,14-16,20-22,25-27,29,35,39-40,45-46H,8,10-12H2,1-7H3,(H,41,42)/b18-9+,35-24?. The highest BCUT2D eigenvalue weighted by molar-refractivity contribution is 7.78. The number of carboxylic acids is 1. The van der Waals surface area contributed by atoms with E-state index in [-0.39, 0.29) is 12.1 Å². The van der Waals surface area contributed by atoms with E-state index in [4.69, 9.17) is 38.6 Å². The van der Waals surface area contributed by atoms with Gasteiger partial charge in [0.1, 0.15) is 54.2 Å². The van der Waals surface area contributed by atoms with E-state index >= 15 is 0 Å². The lowest BCUT2D eigenvalue weighted by molar-refractivity contribution is -0.345. The van der Waals surface area contributed by atoms with Gasteiger partial charge in [-0.25, -0.2) is 9.59 Å². The molecular formula is C34H46N2O17S. The van der Waals surface area contributed by atoms with Crippen molar-refractivity contribution in [1.29, 1.82) is 5.41 Å². The third-order valence-corrected chi connectivity index (χ3v) is 9.86. The zero-order valence-electron chi connectivity index (χ0n) is 30.7. The summed E-state index contributed by atoms with van der Waals surface area (Å²) >= 11 is 4.60. The predicted octanol–water partition coefficient (Wildman–Crippen LogP) is 0.461. The van der Waals surface area contributed by atoms with Crippen molar-refractivity contribution in [2.75, 3.05) is 13.7 Å². The molecule has 6 N–H and O–H groups in total. The number of allylic oxidation sites excluding steroid dienone is 1. The highest BCUT2D eigenvalue weighted by Gasteiger charge is 2.62. The number of nitrogens with zero attached hydrogens (tertiary/aromatic N) is 1. The summed E-state index contributed by atoms with van der Waals surface area (Å²) in [7, 11) is 1.27. The van der Waals surface area contributed by atoms with Crippen LogP contribution >= 0.6 is 12.2 Å². The van der Waals surface area contributed by atoms with Crippen LogP contribution in [0, 0.1) is 11.3 Å². The summed E-state index contributed by atoms with van der Waals surface area (Å²) in [5.41, 5.74) is -7.74. The summed E-state index contributed by atoms with van der Waals surface area (Å²) in [5, 5.41) is 66.2. The van der Waals surface area contributed by atoms with E-state index in [0.29, 0.717) is 6.42 Å². The maximum atomic E-state index is 13.3. The number of esters is 3. The number of methoxy groups -OCH3 is 1. The molecule has 0 saturated carbocycles. The highest BCUT2D eigenvalue weighted by atomic mass is 32.1. The quantitative estimate of drug-likeness (QED) is 0.0458. The number of isothiocyanates is 1. The maximum Gasteiger partial charge on any atom is 0.357 e. The number of carboxylic acid groups (broad SMARTS) is 1. The Labute approximate surface area is 315 Å². The summed E-state index contributed by atoms with van der Waals surface area (Å²) in [6, 6.07) is 0. The third kappa shape index (κ3) is 8.93. The molecule has 0 aromatic rings.